The summed E-state index contributed by atoms with van der Waals surface area (Å²) < 4.78 is 11.0. The monoisotopic (exact) mass is 357 g/mol. The number of hydrogen-bond donors (Lipinski definition) is 1. The highest BCUT2D eigenvalue weighted by Crippen LogP contribution is 2.37. The Morgan fingerprint density at radius 2 is 1.85 bits per heavy atom. The molecule has 138 valence electrons. The highest BCUT2D eigenvalue weighted by atomic mass is 16.5. The average molecular weight is 357 g/mol. The van der Waals surface area contributed by atoms with E-state index in [-0.39, 0.29) is 18.0 Å². The molecule has 1 amide bonds. The third-order valence-electron chi connectivity index (χ3n) is 5.02. The van der Waals surface area contributed by atoms with Crippen LogP contribution in [-0.2, 0) is 21.5 Å². The number of benzene rings is 1. The molecule has 0 aliphatic carbocycles. The van der Waals surface area contributed by atoms with Gasteiger partial charge in [0.25, 0.3) is 0 Å². The van der Waals surface area contributed by atoms with Crippen molar-refractivity contribution in [1.82, 2.24) is 4.90 Å². The van der Waals surface area contributed by atoms with Gasteiger partial charge in [0.05, 0.1) is 12.0 Å². The lowest BCUT2D eigenvalue weighted by molar-refractivity contribution is -0.140. The van der Waals surface area contributed by atoms with E-state index in [0.717, 1.165) is 5.56 Å². The fraction of sp³-hybridized carbons (Fsp3) is 0.400. The molecule has 2 aromatic rings. The molecule has 0 atom stereocenters. The smallest absolute Gasteiger partial charge is 0.339 e. The van der Waals surface area contributed by atoms with Gasteiger partial charge < -0.3 is 19.2 Å². The molecule has 6 nitrogen and oxygen atoms in total. The molecule has 1 aromatic carbocycles. The summed E-state index contributed by atoms with van der Waals surface area (Å²) in [4.78, 5) is 26.2. The van der Waals surface area contributed by atoms with E-state index in [1.54, 1.807) is 18.9 Å². The molecule has 0 unspecified atom stereocenters. The first-order valence-electron chi connectivity index (χ1n) is 8.65. The van der Waals surface area contributed by atoms with E-state index < -0.39 is 11.4 Å². The Bertz CT molecular complexity index is 790. The maximum absolute atomic E-state index is 13.4. The predicted octanol–water partition coefficient (Wildman–Crippen LogP) is 2.99. The van der Waals surface area contributed by atoms with Crippen LogP contribution in [0.5, 0.6) is 0 Å². The largest absolute Gasteiger partial charge is 0.478 e. The van der Waals surface area contributed by atoms with Crippen LogP contribution in [0.3, 0.4) is 0 Å². The molecule has 0 radical (unpaired) electrons. The lowest BCUT2D eigenvalue weighted by atomic mass is 9.73. The number of carboxylic acid groups (broad SMARTS) is 1. The second-order valence-electron chi connectivity index (χ2n) is 6.71. The normalized spacial score (nSPS) is 16.2. The second kappa shape index (κ2) is 7.33. The SMILES string of the molecule is Cc1oc(CN(C)C(=O)C2(c3ccccc3)CCOCC2)cc1C(=O)O. The number of rotatable bonds is 5. The number of furan rings is 1. The van der Waals surface area contributed by atoms with Crippen molar-refractivity contribution in [3.8, 4) is 0 Å². The zero-order valence-electron chi connectivity index (χ0n) is 15.0. The third-order valence-corrected chi connectivity index (χ3v) is 5.02. The van der Waals surface area contributed by atoms with Crippen LogP contribution in [0.25, 0.3) is 0 Å². The van der Waals surface area contributed by atoms with Gasteiger partial charge in [0.15, 0.2) is 0 Å². The molecule has 1 N–H and O–H groups in total. The van der Waals surface area contributed by atoms with Crippen LogP contribution in [0.15, 0.2) is 40.8 Å². The van der Waals surface area contributed by atoms with Gasteiger partial charge in [-0.25, -0.2) is 4.79 Å². The van der Waals surface area contributed by atoms with Crippen LogP contribution in [0, 0.1) is 6.92 Å². The van der Waals surface area contributed by atoms with Gasteiger partial charge in [0.1, 0.15) is 17.1 Å². The lowest BCUT2D eigenvalue weighted by Crippen LogP contribution is -2.48. The number of likely N-dealkylation sites (N-methyl/N-ethyl adjacent to an activating group) is 1. The summed E-state index contributed by atoms with van der Waals surface area (Å²) in [6.07, 6.45) is 1.25. The maximum atomic E-state index is 13.4. The van der Waals surface area contributed by atoms with Crippen LogP contribution in [0.1, 0.15) is 40.3 Å². The standard InChI is InChI=1S/C20H23NO5/c1-14-17(18(22)23)12-16(26-14)13-21(2)19(24)20(8-10-25-11-9-20)15-6-4-3-5-7-15/h3-7,12H,8-11,13H2,1-2H3,(H,22,23). The Balaban J connectivity index is 1.85. The second-order valence-corrected chi connectivity index (χ2v) is 6.71. The summed E-state index contributed by atoms with van der Waals surface area (Å²) in [5.74, 6) is -0.224. The summed E-state index contributed by atoms with van der Waals surface area (Å²) >= 11 is 0. The van der Waals surface area contributed by atoms with E-state index >= 15 is 0 Å². The summed E-state index contributed by atoms with van der Waals surface area (Å²) in [5.41, 5.74) is 0.498. The lowest BCUT2D eigenvalue weighted by Gasteiger charge is -2.38. The van der Waals surface area contributed by atoms with E-state index in [4.69, 9.17) is 14.3 Å². The third kappa shape index (κ3) is 3.37. The first-order chi connectivity index (χ1) is 12.4. The highest BCUT2D eigenvalue weighted by Gasteiger charge is 2.43. The predicted molar refractivity (Wildman–Crippen MR) is 95.1 cm³/mol. The summed E-state index contributed by atoms with van der Waals surface area (Å²) in [5, 5.41) is 9.16. The van der Waals surface area contributed by atoms with E-state index in [9.17, 15) is 9.59 Å². The highest BCUT2D eigenvalue weighted by molar-refractivity contribution is 5.89. The molecule has 1 aliphatic rings. The zero-order valence-corrected chi connectivity index (χ0v) is 15.0. The van der Waals surface area contributed by atoms with Crippen LogP contribution < -0.4 is 0 Å². The van der Waals surface area contributed by atoms with Gasteiger partial charge in [-0.3, -0.25) is 4.79 Å². The summed E-state index contributed by atoms with van der Waals surface area (Å²) in [6.45, 7) is 2.91. The minimum absolute atomic E-state index is 0.00192. The number of hydrogen-bond acceptors (Lipinski definition) is 4. The van der Waals surface area contributed by atoms with Gasteiger partial charge in [-0.05, 0) is 31.4 Å². The Morgan fingerprint density at radius 3 is 2.42 bits per heavy atom. The number of nitrogens with zero attached hydrogens (tertiary/aromatic N) is 1. The Kier molecular flexibility index (Phi) is 5.13. The van der Waals surface area contributed by atoms with E-state index in [0.29, 0.717) is 37.6 Å². The molecule has 3 rings (SSSR count). The van der Waals surface area contributed by atoms with Gasteiger partial charge in [0, 0.05) is 20.3 Å². The summed E-state index contributed by atoms with van der Waals surface area (Å²) in [7, 11) is 1.72. The molecule has 26 heavy (non-hydrogen) atoms. The first kappa shape index (κ1) is 18.2. The van der Waals surface area contributed by atoms with Crippen molar-refractivity contribution in [3.63, 3.8) is 0 Å². The zero-order chi connectivity index (χ0) is 18.7. The molecule has 0 spiro atoms. The number of amides is 1. The molecule has 1 aliphatic heterocycles. The molecule has 1 saturated heterocycles. The minimum atomic E-state index is -1.03. The van der Waals surface area contributed by atoms with Crippen molar-refractivity contribution in [2.24, 2.45) is 0 Å². The Morgan fingerprint density at radius 1 is 1.19 bits per heavy atom. The number of aromatic carboxylic acids is 1. The number of carbonyl (C=O) groups is 2. The fourth-order valence-electron chi connectivity index (χ4n) is 3.61. The molecule has 1 fully saturated rings. The average Bonchev–Trinajstić information content (AvgIpc) is 3.02. The molecule has 1 aromatic heterocycles. The fourth-order valence-corrected chi connectivity index (χ4v) is 3.61. The van der Waals surface area contributed by atoms with E-state index in [2.05, 4.69) is 0 Å². The van der Waals surface area contributed by atoms with Gasteiger partial charge in [-0.1, -0.05) is 30.3 Å². The molecular weight excluding hydrogens is 334 g/mol. The van der Waals surface area contributed by atoms with Crippen LogP contribution in [-0.4, -0.2) is 42.1 Å². The number of aryl methyl sites for hydroxylation is 1. The molecule has 0 saturated carbocycles. The minimum Gasteiger partial charge on any atom is -0.478 e. The van der Waals surface area contributed by atoms with Crippen molar-refractivity contribution in [2.45, 2.75) is 31.7 Å². The van der Waals surface area contributed by atoms with Gasteiger partial charge >= 0.3 is 5.97 Å². The van der Waals surface area contributed by atoms with Gasteiger partial charge in [-0.2, -0.15) is 0 Å². The Labute approximate surface area is 152 Å². The van der Waals surface area contributed by atoms with Gasteiger partial charge in [-0.15, -0.1) is 0 Å². The number of carbonyl (C=O) groups excluding carboxylic acids is 1. The van der Waals surface area contributed by atoms with Crippen LogP contribution in [0.2, 0.25) is 0 Å². The quantitative estimate of drug-likeness (QED) is 0.890. The van der Waals surface area contributed by atoms with Crippen molar-refractivity contribution in [1.29, 1.82) is 0 Å². The van der Waals surface area contributed by atoms with Crippen molar-refractivity contribution in [3.05, 3.63) is 59.0 Å². The maximum Gasteiger partial charge on any atom is 0.339 e. The molecular formula is C20H23NO5. The van der Waals surface area contributed by atoms with Crippen molar-refractivity contribution in [2.75, 3.05) is 20.3 Å². The molecule has 2 heterocycles. The topological polar surface area (TPSA) is 80.0 Å². The summed E-state index contributed by atoms with van der Waals surface area (Å²) in [6, 6.07) is 11.3. The molecule has 6 heteroatoms. The number of carboxylic acids is 1. The van der Waals surface area contributed by atoms with E-state index in [1.807, 2.05) is 30.3 Å². The van der Waals surface area contributed by atoms with Gasteiger partial charge in [0.2, 0.25) is 5.91 Å². The Hall–Kier alpha value is -2.60. The van der Waals surface area contributed by atoms with Crippen LogP contribution >= 0.6 is 0 Å². The molecule has 0 bridgehead atoms. The van der Waals surface area contributed by atoms with Crippen molar-refractivity contribution < 1.29 is 23.8 Å². The van der Waals surface area contributed by atoms with Crippen LogP contribution in [0.4, 0.5) is 0 Å². The van der Waals surface area contributed by atoms with E-state index in [1.165, 1.54) is 6.07 Å². The van der Waals surface area contributed by atoms with Crippen molar-refractivity contribution >= 4 is 11.9 Å². The first-order valence-corrected chi connectivity index (χ1v) is 8.65. The number of ether oxygens (including phenoxy) is 1.